The van der Waals surface area contributed by atoms with Crippen LogP contribution >= 0.6 is 11.6 Å². The number of amides is 2. The van der Waals surface area contributed by atoms with E-state index >= 15 is 0 Å². The van der Waals surface area contributed by atoms with Crippen LogP contribution in [-0.2, 0) is 11.2 Å². The van der Waals surface area contributed by atoms with Gasteiger partial charge in [-0.25, -0.2) is 4.79 Å². The zero-order valence-corrected chi connectivity index (χ0v) is 12.3. The van der Waals surface area contributed by atoms with Crippen molar-refractivity contribution in [1.82, 2.24) is 10.6 Å². The molecule has 4 nitrogen and oxygen atoms in total. The number of ether oxygens (including phenoxy) is 1. The fraction of sp³-hybridized carbons (Fsp3) is 0.533. The number of halogens is 1. The molecule has 1 aliphatic rings. The van der Waals surface area contributed by atoms with Gasteiger partial charge in [-0.1, -0.05) is 23.7 Å². The Morgan fingerprint density at radius 1 is 1.30 bits per heavy atom. The van der Waals surface area contributed by atoms with Crippen LogP contribution in [0.5, 0.6) is 0 Å². The van der Waals surface area contributed by atoms with Gasteiger partial charge < -0.3 is 15.4 Å². The van der Waals surface area contributed by atoms with Gasteiger partial charge in [0.25, 0.3) is 0 Å². The van der Waals surface area contributed by atoms with Gasteiger partial charge in [-0.05, 0) is 42.9 Å². The Labute approximate surface area is 124 Å². The molecule has 2 N–H and O–H groups in total. The monoisotopic (exact) mass is 296 g/mol. The number of nitrogens with one attached hydrogen (secondary N) is 2. The van der Waals surface area contributed by atoms with Gasteiger partial charge in [-0.15, -0.1) is 0 Å². The molecule has 1 heterocycles. The lowest BCUT2D eigenvalue weighted by molar-refractivity contribution is 0.0669. The van der Waals surface area contributed by atoms with Gasteiger partial charge in [0.15, 0.2) is 0 Å². The number of hydrogen-bond acceptors (Lipinski definition) is 2. The molecule has 20 heavy (non-hydrogen) atoms. The Morgan fingerprint density at radius 3 is 2.85 bits per heavy atom. The summed E-state index contributed by atoms with van der Waals surface area (Å²) in [6, 6.07) is 7.59. The molecule has 1 saturated heterocycles. The summed E-state index contributed by atoms with van der Waals surface area (Å²) in [6.45, 7) is 2.96. The van der Waals surface area contributed by atoms with E-state index in [0.29, 0.717) is 12.5 Å². The third-order valence-electron chi connectivity index (χ3n) is 3.48. The highest BCUT2D eigenvalue weighted by Gasteiger charge is 2.14. The van der Waals surface area contributed by atoms with E-state index in [-0.39, 0.29) is 6.03 Å². The van der Waals surface area contributed by atoms with Gasteiger partial charge in [0.2, 0.25) is 0 Å². The number of carbonyl (C=O) groups excluding carboxylic acids is 1. The molecular weight excluding hydrogens is 276 g/mol. The minimum absolute atomic E-state index is 0.0986. The van der Waals surface area contributed by atoms with Gasteiger partial charge in [-0.2, -0.15) is 0 Å². The standard InChI is InChI=1S/C15H21ClN2O2/c16-14-3-1-2-12(10-14)4-7-17-15(19)18-11-13-5-8-20-9-6-13/h1-3,10,13H,4-9,11H2,(H2,17,18,19). The maximum absolute atomic E-state index is 11.7. The Hall–Kier alpha value is -1.26. The fourth-order valence-electron chi connectivity index (χ4n) is 2.26. The van der Waals surface area contributed by atoms with Gasteiger partial charge in [0.1, 0.15) is 0 Å². The lowest BCUT2D eigenvalue weighted by Gasteiger charge is -2.22. The number of benzene rings is 1. The number of rotatable bonds is 5. The van der Waals surface area contributed by atoms with Crippen molar-refractivity contribution < 1.29 is 9.53 Å². The van der Waals surface area contributed by atoms with Crippen LogP contribution in [0.15, 0.2) is 24.3 Å². The van der Waals surface area contributed by atoms with Crippen molar-refractivity contribution in [2.75, 3.05) is 26.3 Å². The average Bonchev–Trinajstić information content (AvgIpc) is 2.46. The summed E-state index contributed by atoms with van der Waals surface area (Å²) in [6.07, 6.45) is 2.84. The molecule has 0 spiro atoms. The van der Waals surface area contributed by atoms with E-state index in [1.807, 2.05) is 24.3 Å². The van der Waals surface area contributed by atoms with Crippen LogP contribution in [0, 0.1) is 5.92 Å². The lowest BCUT2D eigenvalue weighted by atomic mass is 10.0. The van der Waals surface area contributed by atoms with Gasteiger partial charge in [0.05, 0.1) is 0 Å². The highest BCUT2D eigenvalue weighted by atomic mass is 35.5. The van der Waals surface area contributed by atoms with E-state index < -0.39 is 0 Å². The minimum Gasteiger partial charge on any atom is -0.381 e. The molecule has 110 valence electrons. The summed E-state index contributed by atoms with van der Waals surface area (Å²) in [5.74, 6) is 0.544. The number of carbonyl (C=O) groups is 1. The van der Waals surface area contributed by atoms with Crippen LogP contribution in [0.4, 0.5) is 4.79 Å². The van der Waals surface area contributed by atoms with Crippen LogP contribution < -0.4 is 10.6 Å². The predicted octanol–water partition coefficient (Wildman–Crippen LogP) is 2.61. The Kier molecular flexibility index (Phi) is 6.15. The molecule has 0 radical (unpaired) electrons. The highest BCUT2D eigenvalue weighted by molar-refractivity contribution is 6.30. The summed E-state index contributed by atoms with van der Waals surface area (Å²) in [7, 11) is 0. The molecule has 1 fully saturated rings. The third kappa shape index (κ3) is 5.39. The zero-order valence-electron chi connectivity index (χ0n) is 11.5. The molecule has 1 aromatic carbocycles. The molecule has 0 aromatic heterocycles. The van der Waals surface area contributed by atoms with Crippen molar-refractivity contribution in [2.24, 2.45) is 5.92 Å². The first-order chi connectivity index (χ1) is 9.74. The van der Waals surface area contributed by atoms with Crippen LogP contribution in [0.3, 0.4) is 0 Å². The van der Waals surface area contributed by atoms with Crippen molar-refractivity contribution in [3.63, 3.8) is 0 Å². The zero-order chi connectivity index (χ0) is 14.2. The normalized spacial score (nSPS) is 15.8. The Bertz CT molecular complexity index is 434. The topological polar surface area (TPSA) is 50.4 Å². The molecule has 1 aromatic rings. The van der Waals surface area contributed by atoms with Crippen LogP contribution in [-0.4, -0.2) is 32.3 Å². The van der Waals surface area contributed by atoms with Crippen molar-refractivity contribution in [2.45, 2.75) is 19.3 Å². The summed E-state index contributed by atoms with van der Waals surface area (Å²) in [4.78, 5) is 11.7. The molecule has 1 aliphatic heterocycles. The van der Waals surface area contributed by atoms with E-state index in [1.54, 1.807) is 0 Å². The van der Waals surface area contributed by atoms with Crippen molar-refractivity contribution >= 4 is 17.6 Å². The van der Waals surface area contributed by atoms with Crippen molar-refractivity contribution in [1.29, 1.82) is 0 Å². The smallest absolute Gasteiger partial charge is 0.314 e. The second-order valence-corrected chi connectivity index (χ2v) is 5.51. The van der Waals surface area contributed by atoms with Crippen LogP contribution in [0.25, 0.3) is 0 Å². The molecule has 0 bridgehead atoms. The summed E-state index contributed by atoms with van der Waals surface area (Å²) < 4.78 is 5.29. The minimum atomic E-state index is -0.0986. The van der Waals surface area contributed by atoms with Crippen molar-refractivity contribution in [3.8, 4) is 0 Å². The van der Waals surface area contributed by atoms with Gasteiger partial charge >= 0.3 is 6.03 Å². The second kappa shape index (κ2) is 8.12. The Morgan fingerprint density at radius 2 is 2.10 bits per heavy atom. The first-order valence-electron chi connectivity index (χ1n) is 7.08. The number of hydrogen-bond donors (Lipinski definition) is 2. The van der Waals surface area contributed by atoms with Crippen LogP contribution in [0.1, 0.15) is 18.4 Å². The first kappa shape index (κ1) is 15.1. The molecular formula is C15H21ClN2O2. The molecule has 0 aliphatic carbocycles. The molecule has 0 atom stereocenters. The maximum Gasteiger partial charge on any atom is 0.314 e. The lowest BCUT2D eigenvalue weighted by Crippen LogP contribution is -2.40. The summed E-state index contributed by atoms with van der Waals surface area (Å²) in [5, 5.41) is 6.51. The highest BCUT2D eigenvalue weighted by Crippen LogP contribution is 2.13. The molecule has 0 unspecified atom stereocenters. The maximum atomic E-state index is 11.7. The van der Waals surface area contributed by atoms with Crippen LogP contribution in [0.2, 0.25) is 5.02 Å². The fourth-order valence-corrected chi connectivity index (χ4v) is 2.48. The van der Waals surface area contributed by atoms with Gasteiger partial charge in [0, 0.05) is 31.3 Å². The third-order valence-corrected chi connectivity index (χ3v) is 3.72. The quantitative estimate of drug-likeness (QED) is 0.877. The molecule has 2 rings (SSSR count). The molecule has 2 amide bonds. The second-order valence-electron chi connectivity index (χ2n) is 5.07. The Balaban J connectivity index is 1.60. The molecule has 0 saturated carbocycles. The van der Waals surface area contributed by atoms with Gasteiger partial charge in [-0.3, -0.25) is 0 Å². The van der Waals surface area contributed by atoms with E-state index in [0.717, 1.165) is 49.6 Å². The SMILES string of the molecule is O=C(NCCc1cccc(Cl)c1)NCC1CCOCC1. The van der Waals surface area contributed by atoms with E-state index in [4.69, 9.17) is 16.3 Å². The van der Waals surface area contributed by atoms with E-state index in [9.17, 15) is 4.79 Å². The average molecular weight is 297 g/mol. The first-order valence-corrected chi connectivity index (χ1v) is 7.46. The summed E-state index contributed by atoms with van der Waals surface area (Å²) >= 11 is 5.91. The summed E-state index contributed by atoms with van der Waals surface area (Å²) in [5.41, 5.74) is 1.13. The number of urea groups is 1. The van der Waals surface area contributed by atoms with E-state index in [2.05, 4.69) is 10.6 Å². The predicted molar refractivity (Wildman–Crippen MR) is 80.1 cm³/mol. The largest absolute Gasteiger partial charge is 0.381 e. The van der Waals surface area contributed by atoms with E-state index in [1.165, 1.54) is 0 Å². The van der Waals surface area contributed by atoms with Crippen molar-refractivity contribution in [3.05, 3.63) is 34.9 Å². The molecule has 5 heteroatoms.